The van der Waals surface area contributed by atoms with Crippen LogP contribution >= 0.6 is 0 Å². The molecule has 3 nitrogen and oxygen atoms in total. The Morgan fingerprint density at radius 3 is 3.13 bits per heavy atom. The second-order valence-corrected chi connectivity index (χ2v) is 4.90. The van der Waals surface area contributed by atoms with E-state index in [9.17, 15) is 0 Å². The predicted molar refractivity (Wildman–Crippen MR) is 57.7 cm³/mol. The van der Waals surface area contributed by atoms with Crippen LogP contribution in [0.15, 0.2) is 0 Å². The van der Waals surface area contributed by atoms with Gasteiger partial charge >= 0.3 is 0 Å². The fraction of sp³-hybridized carbons (Fsp3) is 0.750. The highest BCUT2D eigenvalue weighted by Crippen LogP contribution is 2.30. The molecular weight excluding hydrogens is 188 g/mol. The summed E-state index contributed by atoms with van der Waals surface area (Å²) in [5.41, 5.74) is 2.65. The van der Waals surface area contributed by atoms with E-state index in [0.717, 1.165) is 37.6 Å². The normalized spacial score (nSPS) is 30.5. The number of fused-ring (bicyclic) bond motifs is 1. The minimum atomic E-state index is 0.242. The molecule has 1 N–H and O–H groups in total. The first-order valence-corrected chi connectivity index (χ1v) is 6.02. The van der Waals surface area contributed by atoms with Gasteiger partial charge in [0.2, 0.25) is 0 Å². The topological polar surface area (TPSA) is 37.9 Å². The first kappa shape index (κ1) is 9.40. The largest absolute Gasteiger partial charge is 0.370 e. The van der Waals surface area contributed by atoms with Crippen molar-refractivity contribution >= 4 is 0 Å². The average molecular weight is 206 g/mol. The average Bonchev–Trinajstić information content (AvgIpc) is 2.84. The fourth-order valence-electron chi connectivity index (χ4n) is 2.62. The van der Waals surface area contributed by atoms with E-state index >= 15 is 0 Å². The Hall–Kier alpha value is -0.830. The van der Waals surface area contributed by atoms with Gasteiger partial charge < -0.3 is 9.72 Å². The summed E-state index contributed by atoms with van der Waals surface area (Å²) in [5.74, 6) is 1.88. The molecule has 15 heavy (non-hydrogen) atoms. The van der Waals surface area contributed by atoms with E-state index in [2.05, 4.69) is 16.9 Å². The summed E-state index contributed by atoms with van der Waals surface area (Å²) in [6, 6.07) is 0. The van der Waals surface area contributed by atoms with Crippen LogP contribution < -0.4 is 0 Å². The third kappa shape index (κ3) is 1.69. The molecule has 0 bridgehead atoms. The molecule has 0 radical (unpaired) electrons. The molecule has 1 saturated heterocycles. The lowest BCUT2D eigenvalue weighted by Crippen LogP contribution is -2.10. The van der Waals surface area contributed by atoms with Gasteiger partial charge in [-0.25, -0.2) is 4.98 Å². The number of hydrogen-bond acceptors (Lipinski definition) is 2. The number of aryl methyl sites for hydroxylation is 1. The van der Waals surface area contributed by atoms with Crippen molar-refractivity contribution in [2.45, 2.75) is 45.1 Å². The lowest BCUT2D eigenvalue weighted by molar-refractivity contribution is 0.105. The predicted octanol–water partition coefficient (Wildman–Crippen LogP) is 2.39. The van der Waals surface area contributed by atoms with E-state index in [0.29, 0.717) is 0 Å². The standard InChI is InChI=1S/C12H18N2O/c1-8-4-5-9-10(7-8)14-12(13-9)11-3-2-6-15-11/h8,11H,2-7H2,1H3,(H,13,14). The molecule has 1 aromatic rings. The molecular formula is C12H18N2O. The highest BCUT2D eigenvalue weighted by molar-refractivity contribution is 5.19. The quantitative estimate of drug-likeness (QED) is 0.766. The van der Waals surface area contributed by atoms with E-state index in [-0.39, 0.29) is 6.10 Å². The van der Waals surface area contributed by atoms with Crippen molar-refractivity contribution in [3.8, 4) is 0 Å². The van der Waals surface area contributed by atoms with Crippen LogP contribution in [0.2, 0.25) is 0 Å². The molecule has 82 valence electrons. The third-order valence-electron chi connectivity index (χ3n) is 3.54. The van der Waals surface area contributed by atoms with E-state index in [1.54, 1.807) is 0 Å². The summed E-state index contributed by atoms with van der Waals surface area (Å²) in [7, 11) is 0. The highest BCUT2D eigenvalue weighted by atomic mass is 16.5. The molecule has 3 rings (SSSR count). The van der Waals surface area contributed by atoms with E-state index < -0.39 is 0 Å². The minimum absolute atomic E-state index is 0.242. The number of nitrogens with one attached hydrogen (secondary N) is 1. The zero-order chi connectivity index (χ0) is 10.3. The van der Waals surface area contributed by atoms with Gasteiger partial charge in [0.05, 0.1) is 5.69 Å². The Labute approximate surface area is 90.2 Å². The van der Waals surface area contributed by atoms with Gasteiger partial charge in [0, 0.05) is 12.3 Å². The monoisotopic (exact) mass is 206 g/mol. The van der Waals surface area contributed by atoms with Crippen molar-refractivity contribution in [2.75, 3.05) is 6.61 Å². The van der Waals surface area contributed by atoms with Gasteiger partial charge in [-0.05, 0) is 38.0 Å². The van der Waals surface area contributed by atoms with E-state index in [4.69, 9.17) is 4.74 Å². The van der Waals surface area contributed by atoms with Gasteiger partial charge in [-0.1, -0.05) is 6.92 Å². The lowest BCUT2D eigenvalue weighted by atomic mass is 9.92. The van der Waals surface area contributed by atoms with Crippen molar-refractivity contribution in [2.24, 2.45) is 5.92 Å². The molecule has 3 heteroatoms. The maximum atomic E-state index is 5.65. The molecule has 0 amide bonds. The first-order valence-electron chi connectivity index (χ1n) is 6.02. The maximum absolute atomic E-state index is 5.65. The summed E-state index contributed by atoms with van der Waals surface area (Å²) in [4.78, 5) is 8.16. The summed E-state index contributed by atoms with van der Waals surface area (Å²) in [6.45, 7) is 3.21. The summed E-state index contributed by atoms with van der Waals surface area (Å²) >= 11 is 0. The minimum Gasteiger partial charge on any atom is -0.370 e. The second-order valence-electron chi connectivity index (χ2n) is 4.90. The van der Waals surface area contributed by atoms with Crippen molar-refractivity contribution in [1.29, 1.82) is 0 Å². The lowest BCUT2D eigenvalue weighted by Gasteiger charge is -2.15. The molecule has 0 spiro atoms. The summed E-state index contributed by atoms with van der Waals surface area (Å²) < 4.78 is 5.65. The Kier molecular flexibility index (Phi) is 2.28. The number of rotatable bonds is 1. The van der Waals surface area contributed by atoms with Crippen LogP contribution in [0, 0.1) is 5.92 Å². The van der Waals surface area contributed by atoms with Gasteiger partial charge in [0.1, 0.15) is 11.9 Å². The van der Waals surface area contributed by atoms with Crippen LogP contribution in [0.4, 0.5) is 0 Å². The molecule has 2 aliphatic rings. The zero-order valence-corrected chi connectivity index (χ0v) is 9.25. The second kappa shape index (κ2) is 3.63. The number of hydrogen-bond donors (Lipinski definition) is 1. The van der Waals surface area contributed by atoms with Gasteiger partial charge in [-0.2, -0.15) is 0 Å². The first-order chi connectivity index (χ1) is 7.33. The van der Waals surface area contributed by atoms with Gasteiger partial charge in [-0.15, -0.1) is 0 Å². The molecule has 0 aromatic carbocycles. The Morgan fingerprint density at radius 2 is 2.33 bits per heavy atom. The highest BCUT2D eigenvalue weighted by Gasteiger charge is 2.25. The number of imidazole rings is 1. The molecule has 2 heterocycles. The van der Waals surface area contributed by atoms with Crippen LogP contribution in [0.1, 0.15) is 49.5 Å². The van der Waals surface area contributed by atoms with E-state index in [1.165, 1.54) is 24.2 Å². The summed E-state index contributed by atoms with van der Waals surface area (Å²) in [5, 5.41) is 0. The third-order valence-corrected chi connectivity index (χ3v) is 3.54. The van der Waals surface area contributed by atoms with Crippen LogP contribution in [0.5, 0.6) is 0 Å². The van der Waals surface area contributed by atoms with Gasteiger partial charge in [0.15, 0.2) is 0 Å². The van der Waals surface area contributed by atoms with Gasteiger partial charge in [-0.3, -0.25) is 0 Å². The van der Waals surface area contributed by atoms with Crippen molar-refractivity contribution in [3.63, 3.8) is 0 Å². The number of ether oxygens (including phenoxy) is 1. The Balaban J connectivity index is 1.85. The van der Waals surface area contributed by atoms with Crippen molar-refractivity contribution < 1.29 is 4.74 Å². The molecule has 0 saturated carbocycles. The van der Waals surface area contributed by atoms with E-state index in [1.807, 2.05) is 0 Å². The molecule has 1 fully saturated rings. The maximum Gasteiger partial charge on any atom is 0.135 e. The number of H-pyrrole nitrogens is 1. The molecule has 2 atom stereocenters. The van der Waals surface area contributed by atoms with Crippen LogP contribution in [-0.2, 0) is 17.6 Å². The van der Waals surface area contributed by atoms with Crippen molar-refractivity contribution in [3.05, 3.63) is 17.2 Å². The Morgan fingerprint density at radius 1 is 1.40 bits per heavy atom. The summed E-state index contributed by atoms with van der Waals surface area (Å²) in [6.07, 6.45) is 6.12. The number of aromatic nitrogens is 2. The molecule has 2 unspecified atom stereocenters. The fourth-order valence-corrected chi connectivity index (χ4v) is 2.62. The van der Waals surface area contributed by atoms with Crippen LogP contribution in [-0.4, -0.2) is 16.6 Å². The molecule has 1 aromatic heterocycles. The zero-order valence-electron chi connectivity index (χ0n) is 9.25. The van der Waals surface area contributed by atoms with Crippen LogP contribution in [0.3, 0.4) is 0 Å². The van der Waals surface area contributed by atoms with Gasteiger partial charge in [0.25, 0.3) is 0 Å². The van der Waals surface area contributed by atoms with Crippen LogP contribution in [0.25, 0.3) is 0 Å². The molecule has 1 aliphatic carbocycles. The SMILES string of the molecule is CC1CCc2nc(C3CCCO3)[nH]c2C1. The Bertz CT molecular complexity index is 353. The smallest absolute Gasteiger partial charge is 0.135 e. The number of nitrogens with zero attached hydrogens (tertiary/aromatic N) is 1. The number of aromatic amines is 1. The molecule has 1 aliphatic heterocycles. The van der Waals surface area contributed by atoms with Crippen molar-refractivity contribution in [1.82, 2.24) is 9.97 Å².